The molecule has 14 rings (SSSR count). The zero-order valence-electron chi connectivity index (χ0n) is 42.8. The van der Waals surface area contributed by atoms with Crippen LogP contribution in [-0.2, 0) is 0 Å². The lowest BCUT2D eigenvalue weighted by Gasteiger charge is -2.26. The monoisotopic (exact) mass is 996 g/mol. The summed E-state index contributed by atoms with van der Waals surface area (Å²) >= 11 is 0. The van der Waals surface area contributed by atoms with Gasteiger partial charge in [-0.05, 0) is 155 Å². The van der Waals surface area contributed by atoms with Crippen LogP contribution in [0.2, 0.25) is 0 Å². The highest BCUT2D eigenvalue weighted by atomic mass is 15.1. The van der Waals surface area contributed by atoms with Gasteiger partial charge in [0, 0.05) is 67.0 Å². The van der Waals surface area contributed by atoms with Gasteiger partial charge in [0.05, 0.1) is 22.1 Å². The lowest BCUT2D eigenvalue weighted by atomic mass is 10.1. The van der Waals surface area contributed by atoms with E-state index in [0.29, 0.717) is 0 Å². The fourth-order valence-electron chi connectivity index (χ4n) is 11.3. The molecule has 0 N–H and O–H groups in total. The molecule has 14 aromatic rings. The van der Waals surface area contributed by atoms with Crippen LogP contribution in [0.3, 0.4) is 0 Å². The van der Waals surface area contributed by atoms with Gasteiger partial charge < -0.3 is 18.9 Å². The normalized spacial score (nSPS) is 11.5. The van der Waals surface area contributed by atoms with Crippen molar-refractivity contribution >= 4 is 89.9 Å². The Morgan fingerprint density at radius 1 is 0.218 bits per heavy atom. The van der Waals surface area contributed by atoms with Crippen molar-refractivity contribution in [3.63, 3.8) is 0 Å². The lowest BCUT2D eigenvalue weighted by Crippen LogP contribution is -2.09. The van der Waals surface area contributed by atoms with Gasteiger partial charge in [-0.25, -0.2) is 0 Å². The molecule has 0 spiro atoms. The molecule has 2 aromatic heterocycles. The SMILES string of the molecule is C(=Cc1ccc(N(c2ccccc2)c2ccc3c(c2)c2ccccc2n3-c2ccc(-c3ccccc3)cc2)cc1)c1ccc(N(c2ccccc2)c2ccc3c(c2)c2ccccc2n3-c2ccc(-c3ccccc3)cc2)cc1. The standard InChI is InChI=1S/C74H52N4/c1-5-17-55(18-6-1)57-35-43-63(44-36-57)77-71-27-15-13-25-67(71)69-51-65(47-49-73(69)77)75(59-21-9-3-10-22-59)61-39-31-53(32-40-61)29-30-54-33-41-62(42-34-54)76(60-23-11-4-12-24-60)66-48-50-74-70(52-66)68-26-14-16-28-72(68)78(74)64-45-37-58(38-46-64)56-19-7-2-8-20-56/h1-52H. The van der Waals surface area contributed by atoms with E-state index in [0.717, 1.165) is 56.6 Å². The summed E-state index contributed by atoms with van der Waals surface area (Å²) in [5, 5.41) is 4.86. The second-order valence-corrected chi connectivity index (χ2v) is 19.8. The molecule has 0 atom stereocenters. The van der Waals surface area contributed by atoms with Crippen molar-refractivity contribution in [2.24, 2.45) is 0 Å². The Labute approximate surface area is 454 Å². The zero-order valence-corrected chi connectivity index (χ0v) is 42.8. The van der Waals surface area contributed by atoms with Gasteiger partial charge in [-0.2, -0.15) is 0 Å². The van der Waals surface area contributed by atoms with Crippen LogP contribution in [0, 0.1) is 0 Å². The van der Waals surface area contributed by atoms with Crippen LogP contribution in [0.5, 0.6) is 0 Å². The highest BCUT2D eigenvalue weighted by Crippen LogP contribution is 2.42. The molecule has 0 bridgehead atoms. The first-order chi connectivity index (χ1) is 38.7. The van der Waals surface area contributed by atoms with Crippen LogP contribution in [0.15, 0.2) is 303 Å². The number of nitrogens with zero attached hydrogens (tertiary/aromatic N) is 4. The Bertz CT molecular complexity index is 4140. The van der Waals surface area contributed by atoms with E-state index < -0.39 is 0 Å². The van der Waals surface area contributed by atoms with Gasteiger partial charge in [-0.3, -0.25) is 0 Å². The van der Waals surface area contributed by atoms with Gasteiger partial charge in [0.25, 0.3) is 0 Å². The van der Waals surface area contributed by atoms with Crippen molar-refractivity contribution in [2.45, 2.75) is 0 Å². The topological polar surface area (TPSA) is 16.3 Å². The summed E-state index contributed by atoms with van der Waals surface area (Å²) in [6.07, 6.45) is 4.40. The molecule has 0 saturated carbocycles. The quantitative estimate of drug-likeness (QED) is 0.113. The second-order valence-electron chi connectivity index (χ2n) is 19.8. The minimum atomic E-state index is 1.09. The fourth-order valence-corrected chi connectivity index (χ4v) is 11.3. The van der Waals surface area contributed by atoms with Crippen LogP contribution >= 0.6 is 0 Å². The van der Waals surface area contributed by atoms with Gasteiger partial charge >= 0.3 is 0 Å². The number of hydrogen-bond acceptors (Lipinski definition) is 2. The Hall–Kier alpha value is -10.4. The van der Waals surface area contributed by atoms with Crippen molar-refractivity contribution in [3.8, 4) is 33.6 Å². The van der Waals surface area contributed by atoms with E-state index in [4.69, 9.17) is 0 Å². The number of fused-ring (bicyclic) bond motifs is 6. The van der Waals surface area contributed by atoms with Crippen molar-refractivity contribution in [1.82, 2.24) is 9.13 Å². The van der Waals surface area contributed by atoms with E-state index in [9.17, 15) is 0 Å². The lowest BCUT2D eigenvalue weighted by molar-refractivity contribution is 1.18. The summed E-state index contributed by atoms with van der Waals surface area (Å²) < 4.78 is 4.77. The molecule has 0 aliphatic rings. The zero-order chi connectivity index (χ0) is 51.8. The van der Waals surface area contributed by atoms with Gasteiger partial charge in [-0.1, -0.05) is 194 Å². The van der Waals surface area contributed by atoms with E-state index >= 15 is 0 Å². The van der Waals surface area contributed by atoms with Gasteiger partial charge in [0.15, 0.2) is 0 Å². The third-order valence-electron chi connectivity index (χ3n) is 15.1. The Kier molecular flexibility index (Phi) is 11.8. The molecule has 4 heteroatoms. The van der Waals surface area contributed by atoms with Crippen LogP contribution in [0.1, 0.15) is 11.1 Å². The van der Waals surface area contributed by atoms with Gasteiger partial charge in [-0.15, -0.1) is 0 Å². The molecule has 0 unspecified atom stereocenters. The number of hydrogen-bond donors (Lipinski definition) is 0. The number of benzene rings is 12. The molecule has 0 aliphatic carbocycles. The van der Waals surface area contributed by atoms with Crippen molar-refractivity contribution < 1.29 is 0 Å². The van der Waals surface area contributed by atoms with E-state index in [1.807, 2.05) is 0 Å². The number of para-hydroxylation sites is 4. The minimum absolute atomic E-state index is 1.09. The summed E-state index contributed by atoms with van der Waals surface area (Å²) in [6.45, 7) is 0. The first-order valence-corrected chi connectivity index (χ1v) is 26.7. The molecule has 0 amide bonds. The average molecular weight is 997 g/mol. The third kappa shape index (κ3) is 8.58. The molecule has 0 radical (unpaired) electrons. The Morgan fingerprint density at radius 2 is 0.513 bits per heavy atom. The molecular weight excluding hydrogens is 945 g/mol. The van der Waals surface area contributed by atoms with Gasteiger partial charge in [0.2, 0.25) is 0 Å². The average Bonchev–Trinajstić information content (AvgIpc) is 4.19. The molecule has 0 saturated heterocycles. The molecule has 2 heterocycles. The maximum absolute atomic E-state index is 2.39. The third-order valence-corrected chi connectivity index (χ3v) is 15.1. The number of anilines is 6. The van der Waals surface area contributed by atoms with E-state index in [1.165, 1.54) is 65.9 Å². The van der Waals surface area contributed by atoms with E-state index in [2.05, 4.69) is 334 Å². The maximum Gasteiger partial charge on any atom is 0.0542 e. The summed E-state index contributed by atoms with van der Waals surface area (Å²) in [4.78, 5) is 4.71. The summed E-state index contributed by atoms with van der Waals surface area (Å²) in [5.41, 5.74) is 20.6. The van der Waals surface area contributed by atoms with Gasteiger partial charge in [0.1, 0.15) is 0 Å². The maximum atomic E-state index is 2.39. The fraction of sp³-hybridized carbons (Fsp3) is 0. The molecule has 78 heavy (non-hydrogen) atoms. The highest BCUT2D eigenvalue weighted by Gasteiger charge is 2.20. The van der Waals surface area contributed by atoms with Crippen molar-refractivity contribution in [1.29, 1.82) is 0 Å². The predicted octanol–water partition coefficient (Wildman–Crippen LogP) is 20.3. The van der Waals surface area contributed by atoms with Crippen molar-refractivity contribution in [2.75, 3.05) is 9.80 Å². The van der Waals surface area contributed by atoms with Crippen LogP contribution in [-0.4, -0.2) is 9.13 Å². The number of rotatable bonds is 12. The molecule has 12 aromatic carbocycles. The van der Waals surface area contributed by atoms with Crippen molar-refractivity contribution in [3.05, 3.63) is 314 Å². The number of aromatic nitrogens is 2. The smallest absolute Gasteiger partial charge is 0.0542 e. The molecule has 0 aliphatic heterocycles. The van der Waals surface area contributed by atoms with Crippen LogP contribution < -0.4 is 9.80 Å². The summed E-state index contributed by atoms with van der Waals surface area (Å²) in [5.74, 6) is 0. The molecule has 368 valence electrons. The second kappa shape index (κ2) is 20.0. The molecule has 0 fully saturated rings. The Morgan fingerprint density at radius 3 is 0.897 bits per heavy atom. The largest absolute Gasteiger partial charge is 0.310 e. The van der Waals surface area contributed by atoms with E-state index in [-0.39, 0.29) is 0 Å². The Balaban J connectivity index is 0.750. The van der Waals surface area contributed by atoms with Crippen LogP contribution in [0.25, 0.3) is 89.4 Å². The minimum Gasteiger partial charge on any atom is -0.310 e. The van der Waals surface area contributed by atoms with Crippen LogP contribution in [0.4, 0.5) is 34.1 Å². The first-order valence-electron chi connectivity index (χ1n) is 26.7. The predicted molar refractivity (Wildman–Crippen MR) is 331 cm³/mol. The summed E-state index contributed by atoms with van der Waals surface area (Å²) in [7, 11) is 0. The molecule has 4 nitrogen and oxygen atoms in total. The summed E-state index contributed by atoms with van der Waals surface area (Å²) in [6, 6.07) is 109. The first kappa shape index (κ1) is 46.1. The van der Waals surface area contributed by atoms with E-state index in [1.54, 1.807) is 0 Å². The molecular formula is C74H52N4. The highest BCUT2D eigenvalue weighted by molar-refractivity contribution is 6.12.